The number of ether oxygens (including phenoxy) is 1. The summed E-state index contributed by atoms with van der Waals surface area (Å²) in [5.41, 5.74) is 0.458. The van der Waals surface area contributed by atoms with Crippen molar-refractivity contribution in [2.24, 2.45) is 10.9 Å². The van der Waals surface area contributed by atoms with Gasteiger partial charge in [0.05, 0.1) is 13.7 Å². The Morgan fingerprint density at radius 2 is 2.14 bits per heavy atom. The van der Waals surface area contributed by atoms with E-state index in [-0.39, 0.29) is 5.97 Å². The number of methoxy groups -OCH3 is 1. The molecule has 124 valence electrons. The first kappa shape index (κ1) is 18.1. The van der Waals surface area contributed by atoms with Gasteiger partial charge >= 0.3 is 5.97 Å². The second-order valence-corrected chi connectivity index (χ2v) is 5.56. The monoisotopic (exact) mass is 309 g/mol. The van der Waals surface area contributed by atoms with Gasteiger partial charge in [-0.05, 0) is 31.7 Å². The van der Waals surface area contributed by atoms with E-state index in [0.29, 0.717) is 29.5 Å². The molecule has 0 amide bonds. The third-order valence-electron chi connectivity index (χ3n) is 3.28. The number of carbonyl (C=O) groups is 1. The summed E-state index contributed by atoms with van der Waals surface area (Å²) in [7, 11) is 3.08. The number of rotatable bonds is 7. The van der Waals surface area contributed by atoms with Crippen LogP contribution in [0.2, 0.25) is 0 Å². The molecule has 0 bridgehead atoms. The van der Waals surface area contributed by atoms with Gasteiger partial charge in [0.15, 0.2) is 5.96 Å². The Morgan fingerprint density at radius 3 is 2.73 bits per heavy atom. The number of nitrogens with one attached hydrogen (secondary N) is 2. The van der Waals surface area contributed by atoms with Crippen LogP contribution in [0.25, 0.3) is 0 Å². The van der Waals surface area contributed by atoms with Gasteiger partial charge in [-0.25, -0.2) is 4.79 Å². The molecule has 0 spiro atoms. The third-order valence-corrected chi connectivity index (χ3v) is 3.28. The van der Waals surface area contributed by atoms with Gasteiger partial charge in [0.1, 0.15) is 17.1 Å². The van der Waals surface area contributed by atoms with Crippen LogP contribution in [0.5, 0.6) is 0 Å². The number of hydrogen-bond donors (Lipinski definition) is 2. The summed E-state index contributed by atoms with van der Waals surface area (Å²) in [6, 6.07) is 1.69. The van der Waals surface area contributed by atoms with E-state index in [4.69, 9.17) is 9.15 Å². The summed E-state index contributed by atoms with van der Waals surface area (Å²) in [6.07, 6.45) is 2.29. The molecule has 0 atom stereocenters. The second-order valence-electron chi connectivity index (χ2n) is 5.56. The SMILES string of the molecule is CN=C(NCCCC(C)C)NCc1cc(C(=O)OC)c(C)o1. The van der Waals surface area contributed by atoms with E-state index < -0.39 is 0 Å². The van der Waals surface area contributed by atoms with E-state index >= 15 is 0 Å². The molecule has 1 aromatic heterocycles. The summed E-state index contributed by atoms with van der Waals surface area (Å²) >= 11 is 0. The fourth-order valence-corrected chi connectivity index (χ4v) is 2.05. The van der Waals surface area contributed by atoms with Crippen molar-refractivity contribution in [2.45, 2.75) is 40.2 Å². The number of hydrogen-bond acceptors (Lipinski definition) is 4. The Hall–Kier alpha value is -1.98. The summed E-state index contributed by atoms with van der Waals surface area (Å²) < 4.78 is 10.2. The van der Waals surface area contributed by atoms with E-state index in [0.717, 1.165) is 18.9 Å². The molecule has 1 aromatic rings. The lowest BCUT2D eigenvalue weighted by Crippen LogP contribution is -2.37. The molecule has 0 aliphatic carbocycles. The number of aliphatic imine (C=N–C) groups is 1. The quantitative estimate of drug-likeness (QED) is 0.350. The highest BCUT2D eigenvalue weighted by Crippen LogP contribution is 2.15. The Kier molecular flexibility index (Phi) is 7.49. The van der Waals surface area contributed by atoms with Gasteiger partial charge < -0.3 is 19.8 Å². The maximum Gasteiger partial charge on any atom is 0.341 e. The highest BCUT2D eigenvalue weighted by molar-refractivity contribution is 5.90. The lowest BCUT2D eigenvalue weighted by Gasteiger charge is -2.11. The first-order chi connectivity index (χ1) is 10.5. The zero-order chi connectivity index (χ0) is 16.5. The Bertz CT molecular complexity index is 507. The fourth-order valence-electron chi connectivity index (χ4n) is 2.05. The Labute approximate surface area is 132 Å². The van der Waals surface area contributed by atoms with Gasteiger partial charge in [-0.3, -0.25) is 4.99 Å². The van der Waals surface area contributed by atoms with E-state index in [1.165, 1.54) is 13.5 Å². The van der Waals surface area contributed by atoms with Gasteiger partial charge in [0.2, 0.25) is 0 Å². The first-order valence-corrected chi connectivity index (χ1v) is 7.60. The molecule has 0 fully saturated rings. The molecule has 0 saturated carbocycles. The molecule has 6 nitrogen and oxygen atoms in total. The first-order valence-electron chi connectivity index (χ1n) is 7.60. The zero-order valence-electron chi connectivity index (χ0n) is 14.2. The minimum absolute atomic E-state index is 0.385. The molecule has 0 aliphatic heterocycles. The Morgan fingerprint density at radius 1 is 1.41 bits per heavy atom. The lowest BCUT2D eigenvalue weighted by atomic mass is 10.1. The largest absolute Gasteiger partial charge is 0.465 e. The van der Waals surface area contributed by atoms with Crippen molar-refractivity contribution < 1.29 is 13.9 Å². The number of aryl methyl sites for hydroxylation is 1. The van der Waals surface area contributed by atoms with Crippen molar-refractivity contribution in [1.82, 2.24) is 10.6 Å². The zero-order valence-corrected chi connectivity index (χ0v) is 14.2. The predicted octanol–water partition coefficient (Wildman–Crippen LogP) is 2.48. The highest BCUT2D eigenvalue weighted by atomic mass is 16.5. The molecule has 0 saturated heterocycles. The smallest absolute Gasteiger partial charge is 0.341 e. The topological polar surface area (TPSA) is 75.9 Å². The molecule has 2 N–H and O–H groups in total. The maximum absolute atomic E-state index is 11.5. The van der Waals surface area contributed by atoms with Crippen LogP contribution in [0.1, 0.15) is 48.6 Å². The number of furan rings is 1. The number of nitrogens with zero attached hydrogens (tertiary/aromatic N) is 1. The molecule has 1 rings (SSSR count). The van der Waals surface area contributed by atoms with Crippen molar-refractivity contribution in [3.05, 3.63) is 23.2 Å². The number of guanidine groups is 1. The van der Waals surface area contributed by atoms with Gasteiger partial charge in [0.25, 0.3) is 0 Å². The average Bonchev–Trinajstić information content (AvgIpc) is 2.86. The number of esters is 1. The van der Waals surface area contributed by atoms with Crippen LogP contribution in [0.15, 0.2) is 15.5 Å². The second kappa shape index (κ2) is 9.12. The Balaban J connectivity index is 2.45. The van der Waals surface area contributed by atoms with Crippen LogP contribution in [-0.2, 0) is 11.3 Å². The predicted molar refractivity (Wildman–Crippen MR) is 87.1 cm³/mol. The average molecular weight is 309 g/mol. The highest BCUT2D eigenvalue weighted by Gasteiger charge is 2.15. The van der Waals surface area contributed by atoms with Crippen LogP contribution in [0.3, 0.4) is 0 Å². The van der Waals surface area contributed by atoms with Gasteiger partial charge in [0, 0.05) is 13.6 Å². The van der Waals surface area contributed by atoms with Crippen LogP contribution in [0.4, 0.5) is 0 Å². The minimum atomic E-state index is -0.385. The molecule has 22 heavy (non-hydrogen) atoms. The molecular formula is C16H27N3O3. The molecule has 0 aliphatic rings. The number of carbonyl (C=O) groups excluding carboxylic acids is 1. The standard InChI is InChI=1S/C16H27N3O3/c1-11(2)7-6-8-18-16(17-4)19-10-13-9-14(12(3)22-13)15(20)21-5/h9,11H,6-8,10H2,1-5H3,(H2,17,18,19). The van der Waals surface area contributed by atoms with Gasteiger partial charge in [-0.1, -0.05) is 13.8 Å². The molecule has 6 heteroatoms. The molecule has 0 unspecified atom stereocenters. The molecule has 0 aromatic carbocycles. The molecular weight excluding hydrogens is 282 g/mol. The molecule has 0 radical (unpaired) electrons. The summed E-state index contributed by atoms with van der Waals surface area (Å²) in [5.74, 6) is 2.27. The van der Waals surface area contributed by atoms with Crippen molar-refractivity contribution in [1.29, 1.82) is 0 Å². The summed E-state index contributed by atoms with van der Waals surface area (Å²) in [4.78, 5) is 15.7. The minimum Gasteiger partial charge on any atom is -0.465 e. The van der Waals surface area contributed by atoms with E-state index in [9.17, 15) is 4.79 Å². The lowest BCUT2D eigenvalue weighted by molar-refractivity contribution is 0.0599. The molecule has 1 heterocycles. The van der Waals surface area contributed by atoms with E-state index in [1.54, 1.807) is 20.0 Å². The van der Waals surface area contributed by atoms with Crippen LogP contribution < -0.4 is 10.6 Å². The van der Waals surface area contributed by atoms with Crippen LogP contribution >= 0.6 is 0 Å². The van der Waals surface area contributed by atoms with Crippen LogP contribution in [0, 0.1) is 12.8 Å². The summed E-state index contributed by atoms with van der Waals surface area (Å²) in [6.45, 7) is 7.51. The normalized spacial score (nSPS) is 11.6. The maximum atomic E-state index is 11.5. The van der Waals surface area contributed by atoms with Gasteiger partial charge in [-0.15, -0.1) is 0 Å². The van der Waals surface area contributed by atoms with Crippen molar-refractivity contribution in [3.63, 3.8) is 0 Å². The van der Waals surface area contributed by atoms with Crippen molar-refractivity contribution >= 4 is 11.9 Å². The fraction of sp³-hybridized carbons (Fsp3) is 0.625. The van der Waals surface area contributed by atoms with Gasteiger partial charge in [-0.2, -0.15) is 0 Å². The van der Waals surface area contributed by atoms with Crippen molar-refractivity contribution in [2.75, 3.05) is 20.7 Å². The van der Waals surface area contributed by atoms with E-state index in [2.05, 4.69) is 29.5 Å². The van der Waals surface area contributed by atoms with E-state index in [1.807, 2.05) is 0 Å². The van der Waals surface area contributed by atoms with Crippen molar-refractivity contribution in [3.8, 4) is 0 Å². The summed E-state index contributed by atoms with van der Waals surface area (Å²) in [5, 5.41) is 6.42. The third kappa shape index (κ3) is 5.79. The van der Waals surface area contributed by atoms with Crippen LogP contribution in [-0.4, -0.2) is 32.6 Å².